The van der Waals surface area contributed by atoms with Gasteiger partial charge in [0, 0.05) is 36.5 Å². The van der Waals surface area contributed by atoms with E-state index >= 15 is 0 Å². The van der Waals surface area contributed by atoms with Crippen LogP contribution in [0.1, 0.15) is 45.6 Å². The number of ether oxygens (including phenoxy) is 2. The molecule has 0 unspecified atom stereocenters. The maximum absolute atomic E-state index is 11.1. The van der Waals surface area contributed by atoms with Gasteiger partial charge in [0.2, 0.25) is 0 Å². The first-order valence-corrected chi connectivity index (χ1v) is 8.58. The Labute approximate surface area is 143 Å². The predicted octanol–water partition coefficient (Wildman–Crippen LogP) is 3.74. The van der Waals surface area contributed by atoms with Gasteiger partial charge in [0.05, 0.1) is 24.7 Å². The third-order valence-corrected chi connectivity index (χ3v) is 4.62. The van der Waals surface area contributed by atoms with Crippen LogP contribution < -0.4 is 4.90 Å². The van der Waals surface area contributed by atoms with Crippen LogP contribution in [0.4, 0.5) is 11.4 Å². The highest BCUT2D eigenvalue weighted by molar-refractivity contribution is 5.63. The Balaban J connectivity index is 2.14. The molecule has 6 nitrogen and oxygen atoms in total. The number of hydrogen-bond donors (Lipinski definition) is 0. The first-order valence-electron chi connectivity index (χ1n) is 8.58. The van der Waals surface area contributed by atoms with Crippen molar-refractivity contribution in [1.82, 2.24) is 0 Å². The Hall–Kier alpha value is -1.66. The third-order valence-electron chi connectivity index (χ3n) is 4.62. The summed E-state index contributed by atoms with van der Waals surface area (Å²) in [6.45, 7) is 11.7. The average Bonchev–Trinajstić information content (AvgIpc) is 2.52. The van der Waals surface area contributed by atoms with Crippen LogP contribution in [0.2, 0.25) is 0 Å². The van der Waals surface area contributed by atoms with E-state index in [9.17, 15) is 10.1 Å². The molecule has 0 bridgehead atoms. The summed E-state index contributed by atoms with van der Waals surface area (Å²) in [7, 11) is 0. The molecule has 1 aromatic carbocycles. The molecule has 0 spiro atoms. The molecule has 0 radical (unpaired) electrons. The topological polar surface area (TPSA) is 64.8 Å². The van der Waals surface area contributed by atoms with Crippen LogP contribution in [0.3, 0.4) is 0 Å². The smallest absolute Gasteiger partial charge is 0.271 e. The number of non-ortho nitro benzene ring substituents is 1. The van der Waals surface area contributed by atoms with E-state index in [0.29, 0.717) is 38.9 Å². The number of rotatable bonds is 8. The standard InChI is InChI=1S/C18H28N2O4/c1-5-23-10-11-24-9-8-19-17-12-15(20(21)22)6-7-16(17)14(2)13-18(19,3)4/h6-7,12,14H,5,8-11,13H2,1-4H3/t14-/m1/s1. The molecule has 1 aliphatic heterocycles. The Morgan fingerprint density at radius 2 is 2.00 bits per heavy atom. The molecule has 1 aromatic rings. The predicted molar refractivity (Wildman–Crippen MR) is 94.9 cm³/mol. The Morgan fingerprint density at radius 1 is 1.29 bits per heavy atom. The van der Waals surface area contributed by atoms with Gasteiger partial charge in [-0.3, -0.25) is 10.1 Å². The molecule has 1 aliphatic rings. The van der Waals surface area contributed by atoms with E-state index in [1.54, 1.807) is 12.1 Å². The molecular weight excluding hydrogens is 308 g/mol. The first kappa shape index (κ1) is 18.7. The van der Waals surface area contributed by atoms with Crippen LogP contribution in [-0.2, 0) is 9.47 Å². The first-order chi connectivity index (χ1) is 11.4. The van der Waals surface area contributed by atoms with Crippen molar-refractivity contribution in [1.29, 1.82) is 0 Å². The number of fused-ring (bicyclic) bond motifs is 1. The lowest BCUT2D eigenvalue weighted by Gasteiger charge is -2.47. The minimum absolute atomic E-state index is 0.0646. The minimum atomic E-state index is -0.330. The van der Waals surface area contributed by atoms with E-state index in [1.807, 2.05) is 13.0 Å². The lowest BCUT2D eigenvalue weighted by Crippen LogP contribution is -2.49. The van der Waals surface area contributed by atoms with Crippen LogP contribution in [0.15, 0.2) is 18.2 Å². The molecule has 1 heterocycles. The normalized spacial score (nSPS) is 19.2. The fraction of sp³-hybridized carbons (Fsp3) is 0.667. The number of nitro benzene ring substituents is 1. The number of nitro groups is 1. The summed E-state index contributed by atoms with van der Waals surface area (Å²) in [5.74, 6) is 0.380. The van der Waals surface area contributed by atoms with Crippen LogP contribution in [-0.4, -0.2) is 43.4 Å². The number of anilines is 1. The Morgan fingerprint density at radius 3 is 2.67 bits per heavy atom. The summed E-state index contributed by atoms with van der Waals surface area (Å²) in [5, 5.41) is 11.1. The van der Waals surface area contributed by atoms with Gasteiger partial charge in [-0.15, -0.1) is 0 Å². The summed E-state index contributed by atoms with van der Waals surface area (Å²) in [5.41, 5.74) is 2.21. The molecule has 2 rings (SSSR count). The molecule has 0 N–H and O–H groups in total. The van der Waals surface area contributed by atoms with E-state index in [4.69, 9.17) is 9.47 Å². The quantitative estimate of drug-likeness (QED) is 0.411. The summed E-state index contributed by atoms with van der Waals surface area (Å²) in [6, 6.07) is 5.20. The van der Waals surface area contributed by atoms with Crippen LogP contribution >= 0.6 is 0 Å². The molecule has 0 aromatic heterocycles. The van der Waals surface area contributed by atoms with Crippen molar-refractivity contribution >= 4 is 11.4 Å². The van der Waals surface area contributed by atoms with Gasteiger partial charge < -0.3 is 14.4 Å². The lowest BCUT2D eigenvalue weighted by molar-refractivity contribution is -0.384. The molecule has 0 aliphatic carbocycles. The van der Waals surface area contributed by atoms with E-state index in [0.717, 1.165) is 12.1 Å². The van der Waals surface area contributed by atoms with Crippen molar-refractivity contribution in [3.63, 3.8) is 0 Å². The highest BCUT2D eigenvalue weighted by Crippen LogP contribution is 2.44. The van der Waals surface area contributed by atoms with Gasteiger partial charge in [0.1, 0.15) is 0 Å². The van der Waals surface area contributed by atoms with E-state index < -0.39 is 0 Å². The van der Waals surface area contributed by atoms with Crippen molar-refractivity contribution in [2.45, 2.75) is 45.6 Å². The molecule has 24 heavy (non-hydrogen) atoms. The number of benzene rings is 1. The van der Waals surface area contributed by atoms with Crippen LogP contribution in [0.5, 0.6) is 0 Å². The fourth-order valence-electron chi connectivity index (χ4n) is 3.53. The molecule has 0 amide bonds. The van der Waals surface area contributed by atoms with Gasteiger partial charge in [-0.1, -0.05) is 6.92 Å². The van der Waals surface area contributed by atoms with Crippen LogP contribution in [0, 0.1) is 10.1 Å². The SMILES string of the molecule is CCOCCOCCN1c2cc([N+](=O)[O-])ccc2[C@H](C)CC1(C)C. The zero-order valence-corrected chi connectivity index (χ0v) is 15.1. The molecule has 1 atom stereocenters. The number of hydrogen-bond acceptors (Lipinski definition) is 5. The molecule has 6 heteroatoms. The molecule has 0 fully saturated rings. The summed E-state index contributed by atoms with van der Waals surface area (Å²) in [6.07, 6.45) is 1.01. The highest BCUT2D eigenvalue weighted by Gasteiger charge is 2.36. The molecular formula is C18H28N2O4. The fourth-order valence-corrected chi connectivity index (χ4v) is 3.53. The van der Waals surface area contributed by atoms with Crippen molar-refractivity contribution in [2.75, 3.05) is 37.9 Å². The van der Waals surface area contributed by atoms with E-state index in [2.05, 4.69) is 25.7 Å². The zero-order valence-electron chi connectivity index (χ0n) is 15.1. The number of nitrogens with zero attached hydrogens (tertiary/aromatic N) is 2. The highest BCUT2D eigenvalue weighted by atomic mass is 16.6. The van der Waals surface area contributed by atoms with Gasteiger partial charge >= 0.3 is 0 Å². The molecule has 0 saturated carbocycles. The van der Waals surface area contributed by atoms with Gasteiger partial charge in [0.15, 0.2) is 0 Å². The van der Waals surface area contributed by atoms with Gasteiger partial charge in [-0.2, -0.15) is 0 Å². The van der Waals surface area contributed by atoms with E-state index in [-0.39, 0.29) is 16.1 Å². The second-order valence-corrected chi connectivity index (χ2v) is 6.88. The molecule has 134 valence electrons. The minimum Gasteiger partial charge on any atom is -0.379 e. The van der Waals surface area contributed by atoms with Crippen molar-refractivity contribution in [2.24, 2.45) is 0 Å². The monoisotopic (exact) mass is 336 g/mol. The lowest BCUT2D eigenvalue weighted by atomic mass is 9.80. The summed E-state index contributed by atoms with van der Waals surface area (Å²) >= 11 is 0. The second-order valence-electron chi connectivity index (χ2n) is 6.88. The van der Waals surface area contributed by atoms with Crippen molar-refractivity contribution < 1.29 is 14.4 Å². The van der Waals surface area contributed by atoms with E-state index in [1.165, 1.54) is 5.56 Å². The molecule has 0 saturated heterocycles. The van der Waals surface area contributed by atoms with Gasteiger partial charge in [0.25, 0.3) is 5.69 Å². The second kappa shape index (κ2) is 7.94. The maximum atomic E-state index is 11.1. The van der Waals surface area contributed by atoms with Gasteiger partial charge in [-0.05, 0) is 44.7 Å². The summed E-state index contributed by atoms with van der Waals surface area (Å²) < 4.78 is 10.9. The largest absolute Gasteiger partial charge is 0.379 e. The third kappa shape index (κ3) is 4.24. The Kier molecular flexibility index (Phi) is 6.18. The van der Waals surface area contributed by atoms with Crippen molar-refractivity contribution in [3.8, 4) is 0 Å². The van der Waals surface area contributed by atoms with Crippen molar-refractivity contribution in [3.05, 3.63) is 33.9 Å². The van der Waals surface area contributed by atoms with Crippen LogP contribution in [0.25, 0.3) is 0 Å². The average molecular weight is 336 g/mol. The Bertz CT molecular complexity index is 574. The summed E-state index contributed by atoms with van der Waals surface area (Å²) in [4.78, 5) is 13.1. The van der Waals surface area contributed by atoms with Gasteiger partial charge in [-0.25, -0.2) is 0 Å². The maximum Gasteiger partial charge on any atom is 0.271 e. The zero-order chi connectivity index (χ0) is 17.7.